The van der Waals surface area contributed by atoms with E-state index < -0.39 is 6.04 Å². The molecule has 24 heavy (non-hydrogen) atoms. The summed E-state index contributed by atoms with van der Waals surface area (Å²) >= 11 is 0. The van der Waals surface area contributed by atoms with Crippen LogP contribution in [0.15, 0.2) is 30.3 Å². The fourth-order valence-corrected chi connectivity index (χ4v) is 3.15. The smallest absolute Gasteiger partial charge is 0.242 e. The van der Waals surface area contributed by atoms with Crippen molar-refractivity contribution in [3.8, 4) is 0 Å². The summed E-state index contributed by atoms with van der Waals surface area (Å²) in [6.07, 6.45) is 5.53. The molecule has 1 atom stereocenters. The Kier molecular flexibility index (Phi) is 7.25. The number of nitrogens with two attached hydrogens (primary N) is 1. The standard InChI is InChI=1S/C19H29N3O2/c1-2-6-17(19(24)21-16-11-9-15(20)10-12-16)22-18(23)13-14-7-4-3-5-8-14/h3-5,7-8,15-17H,2,6,9-13,20H2,1H3,(H,21,24)(H,22,23). The first-order valence-corrected chi connectivity index (χ1v) is 8.97. The van der Waals surface area contributed by atoms with E-state index in [1.165, 1.54) is 0 Å². The van der Waals surface area contributed by atoms with E-state index in [0.29, 0.717) is 12.8 Å². The molecule has 1 aliphatic rings. The van der Waals surface area contributed by atoms with Crippen molar-refractivity contribution in [1.82, 2.24) is 10.6 Å². The zero-order chi connectivity index (χ0) is 17.4. The lowest BCUT2D eigenvalue weighted by Crippen LogP contribution is -2.51. The van der Waals surface area contributed by atoms with Crippen LogP contribution in [0, 0.1) is 0 Å². The van der Waals surface area contributed by atoms with Gasteiger partial charge in [0, 0.05) is 12.1 Å². The van der Waals surface area contributed by atoms with Crippen molar-refractivity contribution in [3.05, 3.63) is 35.9 Å². The van der Waals surface area contributed by atoms with Crippen molar-refractivity contribution in [2.75, 3.05) is 0 Å². The monoisotopic (exact) mass is 331 g/mol. The molecule has 4 N–H and O–H groups in total. The Hall–Kier alpha value is -1.88. The highest BCUT2D eigenvalue weighted by atomic mass is 16.2. The minimum Gasteiger partial charge on any atom is -0.352 e. The molecule has 5 nitrogen and oxygen atoms in total. The molecule has 0 heterocycles. The van der Waals surface area contributed by atoms with Gasteiger partial charge in [-0.15, -0.1) is 0 Å². The van der Waals surface area contributed by atoms with Crippen LogP contribution in [0.25, 0.3) is 0 Å². The molecule has 0 bridgehead atoms. The largest absolute Gasteiger partial charge is 0.352 e. The van der Waals surface area contributed by atoms with Crippen LogP contribution < -0.4 is 16.4 Å². The minimum absolute atomic E-state index is 0.0706. The number of carbonyl (C=O) groups is 2. The molecule has 1 aromatic rings. The highest BCUT2D eigenvalue weighted by Crippen LogP contribution is 2.17. The second kappa shape index (κ2) is 9.42. The van der Waals surface area contributed by atoms with E-state index in [0.717, 1.165) is 37.7 Å². The van der Waals surface area contributed by atoms with Crippen molar-refractivity contribution in [2.24, 2.45) is 5.73 Å². The third kappa shape index (κ3) is 5.96. The highest BCUT2D eigenvalue weighted by molar-refractivity contribution is 5.88. The van der Waals surface area contributed by atoms with Crippen molar-refractivity contribution in [2.45, 2.75) is 70.0 Å². The third-order valence-electron chi connectivity index (χ3n) is 4.55. The molecule has 2 amide bonds. The van der Waals surface area contributed by atoms with Gasteiger partial charge < -0.3 is 16.4 Å². The first-order chi connectivity index (χ1) is 11.6. The summed E-state index contributed by atoms with van der Waals surface area (Å²) in [5, 5.41) is 5.97. The van der Waals surface area contributed by atoms with Crippen molar-refractivity contribution < 1.29 is 9.59 Å². The summed E-state index contributed by atoms with van der Waals surface area (Å²) in [5.41, 5.74) is 6.86. The molecule has 0 radical (unpaired) electrons. The van der Waals surface area contributed by atoms with Crippen LogP contribution in [0.5, 0.6) is 0 Å². The van der Waals surface area contributed by atoms with Crippen LogP contribution >= 0.6 is 0 Å². The SMILES string of the molecule is CCCC(NC(=O)Cc1ccccc1)C(=O)NC1CCC(N)CC1. The Balaban J connectivity index is 1.85. The highest BCUT2D eigenvalue weighted by Gasteiger charge is 2.25. The van der Waals surface area contributed by atoms with Crippen molar-refractivity contribution >= 4 is 11.8 Å². The first-order valence-electron chi connectivity index (χ1n) is 8.97. The quantitative estimate of drug-likeness (QED) is 0.713. The molecule has 1 saturated carbocycles. The number of nitrogens with one attached hydrogen (secondary N) is 2. The van der Waals surface area contributed by atoms with E-state index in [2.05, 4.69) is 10.6 Å². The Labute approximate surface area is 144 Å². The normalized spacial score (nSPS) is 21.8. The molecule has 0 aromatic heterocycles. The zero-order valence-corrected chi connectivity index (χ0v) is 14.5. The maximum absolute atomic E-state index is 12.5. The summed E-state index contributed by atoms with van der Waals surface area (Å²) in [6, 6.07) is 9.56. The van der Waals surface area contributed by atoms with Gasteiger partial charge in [-0.1, -0.05) is 43.7 Å². The van der Waals surface area contributed by atoms with E-state index >= 15 is 0 Å². The lowest BCUT2D eigenvalue weighted by atomic mass is 9.91. The predicted molar refractivity (Wildman–Crippen MR) is 95.4 cm³/mol. The van der Waals surface area contributed by atoms with Gasteiger partial charge >= 0.3 is 0 Å². The first kappa shape index (κ1) is 18.5. The van der Waals surface area contributed by atoms with Crippen LogP contribution in [0.1, 0.15) is 51.0 Å². The molecule has 5 heteroatoms. The predicted octanol–water partition coefficient (Wildman–Crippen LogP) is 1.90. The fraction of sp³-hybridized carbons (Fsp3) is 0.579. The number of benzene rings is 1. The molecule has 1 fully saturated rings. The summed E-state index contributed by atoms with van der Waals surface area (Å²) in [6.45, 7) is 2.02. The number of hydrogen-bond donors (Lipinski definition) is 3. The van der Waals surface area contributed by atoms with E-state index in [1.54, 1.807) is 0 Å². The average Bonchev–Trinajstić information content (AvgIpc) is 2.57. The van der Waals surface area contributed by atoms with Gasteiger partial charge in [-0.3, -0.25) is 9.59 Å². The molecule has 1 unspecified atom stereocenters. The molecule has 0 saturated heterocycles. The van der Waals surface area contributed by atoms with Gasteiger partial charge in [0.2, 0.25) is 11.8 Å². The molecule has 1 aromatic carbocycles. The number of amides is 2. The molecule has 132 valence electrons. The fourth-order valence-electron chi connectivity index (χ4n) is 3.15. The van der Waals surface area contributed by atoms with E-state index in [1.807, 2.05) is 37.3 Å². The zero-order valence-electron chi connectivity index (χ0n) is 14.5. The Morgan fingerprint density at radius 3 is 2.46 bits per heavy atom. The van der Waals surface area contributed by atoms with Gasteiger partial charge in [-0.2, -0.15) is 0 Å². The molecule has 0 spiro atoms. The van der Waals surface area contributed by atoms with Crippen molar-refractivity contribution in [3.63, 3.8) is 0 Å². The number of rotatable bonds is 7. The molecular formula is C19H29N3O2. The van der Waals surface area contributed by atoms with Crippen molar-refractivity contribution in [1.29, 1.82) is 0 Å². The second-order valence-electron chi connectivity index (χ2n) is 6.69. The maximum atomic E-state index is 12.5. The van der Waals surface area contributed by atoms with E-state index in [9.17, 15) is 9.59 Å². The lowest BCUT2D eigenvalue weighted by molar-refractivity contribution is -0.129. The average molecular weight is 331 g/mol. The van der Waals surface area contributed by atoms with Crippen LogP contribution in [-0.2, 0) is 16.0 Å². The third-order valence-corrected chi connectivity index (χ3v) is 4.55. The maximum Gasteiger partial charge on any atom is 0.242 e. The van der Waals surface area contributed by atoms with E-state index in [4.69, 9.17) is 5.73 Å². The summed E-state index contributed by atoms with van der Waals surface area (Å²) < 4.78 is 0. The van der Waals surface area contributed by atoms with Gasteiger partial charge in [0.25, 0.3) is 0 Å². The molecular weight excluding hydrogens is 302 g/mol. The molecule has 0 aliphatic heterocycles. The van der Waals surface area contributed by atoms with Crippen LogP contribution in [0.4, 0.5) is 0 Å². The number of hydrogen-bond acceptors (Lipinski definition) is 3. The van der Waals surface area contributed by atoms with Gasteiger partial charge in [-0.25, -0.2) is 0 Å². The topological polar surface area (TPSA) is 84.2 Å². The van der Waals surface area contributed by atoms with Crippen LogP contribution in [0.2, 0.25) is 0 Å². The summed E-state index contributed by atoms with van der Waals surface area (Å²) in [5.74, 6) is -0.181. The second-order valence-corrected chi connectivity index (χ2v) is 6.69. The Bertz CT molecular complexity index is 525. The Morgan fingerprint density at radius 1 is 1.17 bits per heavy atom. The summed E-state index contributed by atoms with van der Waals surface area (Å²) in [7, 11) is 0. The molecule has 1 aliphatic carbocycles. The van der Waals surface area contributed by atoms with Gasteiger partial charge in [0.05, 0.1) is 6.42 Å². The number of carbonyl (C=O) groups excluding carboxylic acids is 2. The van der Waals surface area contributed by atoms with Gasteiger partial charge in [-0.05, 0) is 37.7 Å². The van der Waals surface area contributed by atoms with Gasteiger partial charge in [0.15, 0.2) is 0 Å². The van der Waals surface area contributed by atoms with Gasteiger partial charge in [0.1, 0.15) is 6.04 Å². The molecule has 2 rings (SSSR count). The lowest BCUT2D eigenvalue weighted by Gasteiger charge is -2.28. The summed E-state index contributed by atoms with van der Waals surface area (Å²) in [4.78, 5) is 24.7. The van der Waals surface area contributed by atoms with Crippen LogP contribution in [-0.4, -0.2) is 29.9 Å². The van der Waals surface area contributed by atoms with Crippen LogP contribution in [0.3, 0.4) is 0 Å². The van der Waals surface area contributed by atoms with E-state index in [-0.39, 0.29) is 23.9 Å². The Morgan fingerprint density at radius 2 is 1.83 bits per heavy atom. The minimum atomic E-state index is -0.457.